The van der Waals surface area contributed by atoms with Gasteiger partial charge in [0, 0.05) is 18.2 Å². The van der Waals surface area contributed by atoms with Crippen molar-refractivity contribution in [3.8, 4) is 23.0 Å². The standard InChI is InChI=1S/C21H22F2N2O6/c1-12(26)14-7-18-19(30-11-29-18)8-15(14)24-20(27)10-25(2)9-13-4-5-16(31-21(22)23)17(6-13)28-3/h4-8,21H,9-11H2,1-3H3,(H,24,27). The van der Waals surface area contributed by atoms with Gasteiger partial charge in [-0.1, -0.05) is 6.07 Å². The number of methoxy groups -OCH3 is 1. The fraction of sp³-hybridized carbons (Fsp3) is 0.333. The SMILES string of the molecule is COc1cc(CN(C)CC(=O)Nc2cc3c(cc2C(C)=O)OCO3)ccc1OC(F)F. The summed E-state index contributed by atoms with van der Waals surface area (Å²) in [4.78, 5) is 26.2. The molecular formula is C21H22F2N2O6. The van der Waals surface area contributed by atoms with Gasteiger partial charge in [-0.3, -0.25) is 14.5 Å². The molecule has 1 N–H and O–H groups in total. The zero-order valence-electron chi connectivity index (χ0n) is 17.2. The molecule has 2 aromatic rings. The third-order valence-electron chi connectivity index (χ3n) is 4.48. The molecule has 31 heavy (non-hydrogen) atoms. The Kier molecular flexibility index (Phi) is 6.91. The van der Waals surface area contributed by atoms with Crippen LogP contribution < -0.4 is 24.3 Å². The first-order valence-electron chi connectivity index (χ1n) is 9.31. The lowest BCUT2D eigenvalue weighted by Gasteiger charge is -2.18. The smallest absolute Gasteiger partial charge is 0.387 e. The number of ether oxygens (including phenoxy) is 4. The molecule has 1 heterocycles. The highest BCUT2D eigenvalue weighted by atomic mass is 19.3. The summed E-state index contributed by atoms with van der Waals surface area (Å²) >= 11 is 0. The van der Waals surface area contributed by atoms with Crippen LogP contribution in [0, 0.1) is 0 Å². The maximum absolute atomic E-state index is 12.5. The maximum Gasteiger partial charge on any atom is 0.387 e. The fourth-order valence-corrected chi connectivity index (χ4v) is 3.14. The summed E-state index contributed by atoms with van der Waals surface area (Å²) in [7, 11) is 3.08. The minimum absolute atomic E-state index is 0.0172. The Hall–Kier alpha value is -3.40. The highest BCUT2D eigenvalue weighted by Gasteiger charge is 2.21. The zero-order valence-corrected chi connectivity index (χ0v) is 17.2. The number of nitrogens with zero attached hydrogens (tertiary/aromatic N) is 1. The van der Waals surface area contributed by atoms with Gasteiger partial charge in [0.2, 0.25) is 12.7 Å². The van der Waals surface area contributed by atoms with Crippen LogP contribution in [0.1, 0.15) is 22.8 Å². The monoisotopic (exact) mass is 436 g/mol. The minimum atomic E-state index is -2.96. The van der Waals surface area contributed by atoms with Crippen molar-refractivity contribution in [2.24, 2.45) is 0 Å². The van der Waals surface area contributed by atoms with Gasteiger partial charge >= 0.3 is 6.61 Å². The topological polar surface area (TPSA) is 86.3 Å². The average molecular weight is 436 g/mol. The van der Waals surface area contributed by atoms with E-state index in [-0.39, 0.29) is 36.5 Å². The predicted octanol–water partition coefficient (Wildman–Crippen LogP) is 3.30. The summed E-state index contributed by atoms with van der Waals surface area (Å²) in [5.74, 6) is 0.442. The molecule has 0 saturated carbocycles. The molecule has 0 atom stereocenters. The van der Waals surface area contributed by atoms with Crippen LogP contribution in [0.25, 0.3) is 0 Å². The lowest BCUT2D eigenvalue weighted by molar-refractivity contribution is -0.117. The number of likely N-dealkylation sites (N-methyl/N-ethyl adjacent to an activating group) is 1. The Balaban J connectivity index is 1.64. The van der Waals surface area contributed by atoms with Gasteiger partial charge < -0.3 is 24.3 Å². The van der Waals surface area contributed by atoms with Crippen LogP contribution in [0.15, 0.2) is 30.3 Å². The number of halogens is 2. The van der Waals surface area contributed by atoms with Crippen LogP contribution in [-0.2, 0) is 11.3 Å². The van der Waals surface area contributed by atoms with E-state index in [0.29, 0.717) is 29.3 Å². The lowest BCUT2D eigenvalue weighted by atomic mass is 10.1. The molecule has 0 radical (unpaired) electrons. The molecule has 0 unspecified atom stereocenters. The molecule has 0 bridgehead atoms. The molecule has 3 rings (SSSR count). The second-order valence-corrected chi connectivity index (χ2v) is 6.89. The molecule has 0 saturated heterocycles. The minimum Gasteiger partial charge on any atom is -0.493 e. The third kappa shape index (κ3) is 5.60. The summed E-state index contributed by atoms with van der Waals surface area (Å²) < 4.78 is 45.0. The van der Waals surface area contributed by atoms with E-state index in [1.165, 1.54) is 20.1 Å². The van der Waals surface area contributed by atoms with Crippen molar-refractivity contribution in [2.45, 2.75) is 20.1 Å². The molecule has 8 nitrogen and oxygen atoms in total. The second kappa shape index (κ2) is 9.61. The van der Waals surface area contributed by atoms with Gasteiger partial charge in [0.15, 0.2) is 28.8 Å². The van der Waals surface area contributed by atoms with E-state index in [0.717, 1.165) is 5.56 Å². The zero-order chi connectivity index (χ0) is 22.5. The van der Waals surface area contributed by atoms with Crippen LogP contribution in [0.4, 0.5) is 14.5 Å². The highest BCUT2D eigenvalue weighted by Crippen LogP contribution is 2.37. The molecule has 1 aliphatic rings. The number of anilines is 1. The van der Waals surface area contributed by atoms with E-state index in [1.54, 1.807) is 36.2 Å². The number of fused-ring (bicyclic) bond motifs is 1. The Labute approximate surface area is 177 Å². The van der Waals surface area contributed by atoms with Crippen LogP contribution in [-0.4, -0.2) is 50.7 Å². The molecular weight excluding hydrogens is 414 g/mol. The first kappa shape index (κ1) is 22.3. The molecule has 1 amide bonds. The average Bonchev–Trinajstić information content (AvgIpc) is 3.15. The number of ketones is 1. The number of hydrogen-bond donors (Lipinski definition) is 1. The Morgan fingerprint density at radius 3 is 2.52 bits per heavy atom. The number of rotatable bonds is 9. The van der Waals surface area contributed by atoms with Crippen molar-refractivity contribution in [1.82, 2.24) is 4.90 Å². The van der Waals surface area contributed by atoms with Gasteiger partial charge in [-0.05, 0) is 37.7 Å². The highest BCUT2D eigenvalue weighted by molar-refractivity contribution is 6.05. The molecule has 1 aliphatic heterocycles. The van der Waals surface area contributed by atoms with Gasteiger partial charge in [0.05, 0.1) is 19.3 Å². The number of amides is 1. The molecule has 0 aromatic heterocycles. The van der Waals surface area contributed by atoms with E-state index in [1.807, 2.05) is 0 Å². The number of alkyl halides is 2. The van der Waals surface area contributed by atoms with E-state index in [9.17, 15) is 18.4 Å². The molecule has 0 fully saturated rings. The molecule has 0 aliphatic carbocycles. The van der Waals surface area contributed by atoms with Crippen LogP contribution >= 0.6 is 0 Å². The molecule has 0 spiro atoms. The van der Waals surface area contributed by atoms with Crippen molar-refractivity contribution in [1.29, 1.82) is 0 Å². The van der Waals surface area contributed by atoms with Crippen LogP contribution in [0.3, 0.4) is 0 Å². The van der Waals surface area contributed by atoms with Gasteiger partial charge in [-0.2, -0.15) is 8.78 Å². The van der Waals surface area contributed by atoms with Gasteiger partial charge in [-0.15, -0.1) is 0 Å². The van der Waals surface area contributed by atoms with Crippen molar-refractivity contribution in [2.75, 3.05) is 32.8 Å². The number of carbonyl (C=O) groups excluding carboxylic acids is 2. The Morgan fingerprint density at radius 2 is 1.87 bits per heavy atom. The van der Waals surface area contributed by atoms with Crippen molar-refractivity contribution in [3.05, 3.63) is 41.5 Å². The first-order chi connectivity index (χ1) is 14.8. The number of hydrogen-bond acceptors (Lipinski definition) is 7. The molecule has 10 heteroatoms. The fourth-order valence-electron chi connectivity index (χ4n) is 3.14. The molecule has 2 aromatic carbocycles. The number of nitrogens with one attached hydrogen (secondary N) is 1. The van der Waals surface area contributed by atoms with Crippen molar-refractivity contribution in [3.63, 3.8) is 0 Å². The summed E-state index contributed by atoms with van der Waals surface area (Å²) in [6, 6.07) is 7.67. The third-order valence-corrected chi connectivity index (χ3v) is 4.48. The quantitative estimate of drug-likeness (QED) is 0.604. The van der Waals surface area contributed by atoms with Gasteiger partial charge in [-0.25, -0.2) is 0 Å². The predicted molar refractivity (Wildman–Crippen MR) is 107 cm³/mol. The van der Waals surface area contributed by atoms with Crippen LogP contribution in [0.5, 0.6) is 23.0 Å². The van der Waals surface area contributed by atoms with Gasteiger partial charge in [0.1, 0.15) is 0 Å². The van der Waals surface area contributed by atoms with E-state index in [2.05, 4.69) is 10.1 Å². The first-order valence-corrected chi connectivity index (χ1v) is 9.31. The van der Waals surface area contributed by atoms with Crippen molar-refractivity contribution >= 4 is 17.4 Å². The Bertz CT molecular complexity index is 983. The van der Waals surface area contributed by atoms with Gasteiger partial charge in [0.25, 0.3) is 0 Å². The Morgan fingerprint density at radius 1 is 1.16 bits per heavy atom. The van der Waals surface area contributed by atoms with Crippen LogP contribution in [0.2, 0.25) is 0 Å². The van der Waals surface area contributed by atoms with E-state index in [4.69, 9.17) is 14.2 Å². The van der Waals surface area contributed by atoms with E-state index < -0.39 is 6.61 Å². The normalized spacial score (nSPS) is 12.2. The number of Topliss-reactive ketones (excluding diaryl/α,β-unsaturated/α-hetero) is 1. The summed E-state index contributed by atoms with van der Waals surface area (Å²) in [6.07, 6.45) is 0. The number of benzene rings is 2. The van der Waals surface area contributed by atoms with Crippen molar-refractivity contribution < 1.29 is 37.3 Å². The molecule has 166 valence electrons. The lowest BCUT2D eigenvalue weighted by Crippen LogP contribution is -2.30. The summed E-state index contributed by atoms with van der Waals surface area (Å²) in [5, 5.41) is 2.73. The second-order valence-electron chi connectivity index (χ2n) is 6.89. The maximum atomic E-state index is 12.5. The summed E-state index contributed by atoms with van der Waals surface area (Å²) in [5.41, 5.74) is 1.39. The van der Waals surface area contributed by atoms with E-state index >= 15 is 0 Å². The summed E-state index contributed by atoms with van der Waals surface area (Å²) in [6.45, 7) is -1.14. The number of carbonyl (C=O) groups is 2. The largest absolute Gasteiger partial charge is 0.493 e.